The molecule has 1 aliphatic heterocycles. The van der Waals surface area contributed by atoms with E-state index in [9.17, 15) is 4.79 Å². The summed E-state index contributed by atoms with van der Waals surface area (Å²) in [5.41, 5.74) is 0.843. The van der Waals surface area contributed by atoms with Crippen LogP contribution < -0.4 is 10.1 Å². The number of rotatable bonds is 5. The Morgan fingerprint density at radius 3 is 2.83 bits per heavy atom. The zero-order chi connectivity index (χ0) is 17.7. The lowest BCUT2D eigenvalue weighted by Gasteiger charge is -2.24. The molecular formula is C18H27IN2O3. The monoisotopic (exact) mass is 446 g/mol. The van der Waals surface area contributed by atoms with E-state index in [4.69, 9.17) is 9.47 Å². The van der Waals surface area contributed by atoms with Gasteiger partial charge in [0.05, 0.1) is 7.11 Å². The van der Waals surface area contributed by atoms with Crippen LogP contribution in [-0.4, -0.2) is 49.4 Å². The standard InChI is InChI=1S/C18H27IN2O3/c1-18(2,3)24-17(22)21-10-8-14(12-21)20-9-7-13-11-15(23-4)5-6-16(13)19/h5-6,11,14,20H,7-10,12H2,1-4H3. The first-order valence-electron chi connectivity index (χ1n) is 8.32. The Balaban J connectivity index is 1.77. The molecule has 0 spiro atoms. The molecule has 1 N–H and O–H groups in total. The predicted molar refractivity (Wildman–Crippen MR) is 104 cm³/mol. The summed E-state index contributed by atoms with van der Waals surface area (Å²) in [4.78, 5) is 13.9. The molecule has 1 amide bonds. The SMILES string of the molecule is COc1ccc(I)c(CCNC2CCN(C(=O)OC(C)(C)C)C2)c1. The molecule has 1 aromatic rings. The van der Waals surface area contributed by atoms with E-state index in [1.807, 2.05) is 26.8 Å². The van der Waals surface area contributed by atoms with Crippen LogP contribution in [0.15, 0.2) is 18.2 Å². The highest BCUT2D eigenvalue weighted by Gasteiger charge is 2.29. The number of amides is 1. The summed E-state index contributed by atoms with van der Waals surface area (Å²) < 4.78 is 12.0. The maximum Gasteiger partial charge on any atom is 0.410 e. The van der Waals surface area contributed by atoms with Crippen molar-refractivity contribution in [1.29, 1.82) is 0 Å². The number of halogens is 1. The van der Waals surface area contributed by atoms with Crippen molar-refractivity contribution in [1.82, 2.24) is 10.2 Å². The normalized spacial score (nSPS) is 17.9. The molecule has 1 aliphatic rings. The minimum Gasteiger partial charge on any atom is -0.497 e. The number of carbonyl (C=O) groups excluding carboxylic acids is 1. The highest BCUT2D eigenvalue weighted by Crippen LogP contribution is 2.20. The van der Waals surface area contributed by atoms with Crippen molar-refractivity contribution < 1.29 is 14.3 Å². The molecule has 1 atom stereocenters. The lowest BCUT2D eigenvalue weighted by molar-refractivity contribution is 0.0291. The zero-order valence-electron chi connectivity index (χ0n) is 14.9. The number of nitrogens with one attached hydrogen (secondary N) is 1. The lowest BCUT2D eigenvalue weighted by Crippen LogP contribution is -2.38. The Labute approximate surface area is 158 Å². The fourth-order valence-corrected chi connectivity index (χ4v) is 3.31. The van der Waals surface area contributed by atoms with Crippen LogP contribution in [0.1, 0.15) is 32.8 Å². The fraction of sp³-hybridized carbons (Fsp3) is 0.611. The molecular weight excluding hydrogens is 419 g/mol. The number of ether oxygens (including phenoxy) is 2. The van der Waals surface area contributed by atoms with Gasteiger partial charge in [0, 0.05) is 22.7 Å². The van der Waals surface area contributed by atoms with Gasteiger partial charge in [-0.3, -0.25) is 0 Å². The van der Waals surface area contributed by atoms with Crippen LogP contribution in [0, 0.1) is 3.57 Å². The summed E-state index contributed by atoms with van der Waals surface area (Å²) in [7, 11) is 1.69. The second kappa shape index (κ2) is 8.38. The Kier molecular flexibility index (Phi) is 6.74. The first-order valence-corrected chi connectivity index (χ1v) is 9.40. The van der Waals surface area contributed by atoms with E-state index >= 15 is 0 Å². The third-order valence-corrected chi connectivity index (χ3v) is 4.97. The third-order valence-electron chi connectivity index (χ3n) is 3.92. The molecule has 0 radical (unpaired) electrons. The van der Waals surface area contributed by atoms with E-state index in [1.54, 1.807) is 12.0 Å². The molecule has 1 unspecified atom stereocenters. The first-order chi connectivity index (χ1) is 11.3. The lowest BCUT2D eigenvalue weighted by atomic mass is 10.1. The van der Waals surface area contributed by atoms with Crippen molar-refractivity contribution in [2.45, 2.75) is 45.3 Å². The topological polar surface area (TPSA) is 50.8 Å². The number of hydrogen-bond acceptors (Lipinski definition) is 4. The molecule has 0 bridgehead atoms. The van der Waals surface area contributed by atoms with Crippen molar-refractivity contribution in [2.75, 3.05) is 26.7 Å². The second-order valence-electron chi connectivity index (χ2n) is 7.07. The molecule has 2 rings (SSSR count). The summed E-state index contributed by atoms with van der Waals surface area (Å²) in [6.07, 6.45) is 1.70. The molecule has 5 nitrogen and oxygen atoms in total. The summed E-state index contributed by atoms with van der Waals surface area (Å²) in [6, 6.07) is 6.48. The molecule has 134 valence electrons. The molecule has 1 aromatic carbocycles. The molecule has 0 aromatic heterocycles. The van der Waals surface area contributed by atoms with Gasteiger partial charge in [0.15, 0.2) is 0 Å². The van der Waals surface area contributed by atoms with E-state index in [1.165, 1.54) is 9.13 Å². The van der Waals surface area contributed by atoms with Gasteiger partial charge < -0.3 is 19.7 Å². The number of likely N-dealkylation sites (tertiary alicyclic amines) is 1. The van der Waals surface area contributed by atoms with E-state index in [0.717, 1.165) is 31.7 Å². The first kappa shape index (κ1) is 19.3. The van der Waals surface area contributed by atoms with Gasteiger partial charge in [0.25, 0.3) is 0 Å². The number of methoxy groups -OCH3 is 1. The summed E-state index contributed by atoms with van der Waals surface area (Å²) in [5, 5.41) is 3.55. The van der Waals surface area contributed by atoms with Gasteiger partial charge in [-0.1, -0.05) is 0 Å². The Morgan fingerprint density at radius 2 is 2.17 bits per heavy atom. The van der Waals surface area contributed by atoms with E-state index in [0.29, 0.717) is 12.6 Å². The minimum atomic E-state index is -0.439. The van der Waals surface area contributed by atoms with Crippen molar-refractivity contribution in [3.05, 3.63) is 27.3 Å². The van der Waals surface area contributed by atoms with Crippen molar-refractivity contribution in [3.8, 4) is 5.75 Å². The molecule has 1 heterocycles. The minimum absolute atomic E-state index is 0.214. The predicted octanol–water partition coefficient (Wildman–Crippen LogP) is 3.44. The van der Waals surface area contributed by atoms with Gasteiger partial charge in [0.1, 0.15) is 11.4 Å². The molecule has 6 heteroatoms. The van der Waals surface area contributed by atoms with Crippen molar-refractivity contribution >= 4 is 28.7 Å². The average Bonchev–Trinajstić information content (AvgIpc) is 2.96. The molecule has 1 fully saturated rings. The van der Waals surface area contributed by atoms with E-state index < -0.39 is 5.60 Å². The van der Waals surface area contributed by atoms with Gasteiger partial charge in [-0.2, -0.15) is 0 Å². The van der Waals surface area contributed by atoms with Crippen LogP contribution in [-0.2, 0) is 11.2 Å². The third kappa shape index (κ3) is 5.81. The van der Waals surface area contributed by atoms with Gasteiger partial charge in [-0.15, -0.1) is 0 Å². The van der Waals surface area contributed by atoms with Crippen LogP contribution >= 0.6 is 22.6 Å². The highest BCUT2D eigenvalue weighted by atomic mass is 127. The Hall–Kier alpha value is -1.02. The highest BCUT2D eigenvalue weighted by molar-refractivity contribution is 14.1. The number of nitrogens with zero attached hydrogens (tertiary/aromatic N) is 1. The molecule has 1 saturated heterocycles. The number of hydrogen-bond donors (Lipinski definition) is 1. The largest absolute Gasteiger partial charge is 0.497 e. The fourth-order valence-electron chi connectivity index (χ4n) is 2.70. The van der Waals surface area contributed by atoms with Gasteiger partial charge in [-0.05, 0) is 86.5 Å². The van der Waals surface area contributed by atoms with Crippen LogP contribution in [0.5, 0.6) is 5.75 Å². The summed E-state index contributed by atoms with van der Waals surface area (Å²) in [5.74, 6) is 0.891. The number of carbonyl (C=O) groups is 1. The van der Waals surface area contributed by atoms with Crippen LogP contribution in [0.3, 0.4) is 0 Å². The maximum atomic E-state index is 12.1. The number of benzene rings is 1. The van der Waals surface area contributed by atoms with Gasteiger partial charge in [-0.25, -0.2) is 4.79 Å². The average molecular weight is 446 g/mol. The van der Waals surface area contributed by atoms with Crippen LogP contribution in [0.25, 0.3) is 0 Å². The van der Waals surface area contributed by atoms with E-state index in [2.05, 4.69) is 40.0 Å². The van der Waals surface area contributed by atoms with Crippen molar-refractivity contribution in [3.63, 3.8) is 0 Å². The molecule has 24 heavy (non-hydrogen) atoms. The van der Waals surface area contributed by atoms with Gasteiger partial charge in [0.2, 0.25) is 0 Å². The van der Waals surface area contributed by atoms with Gasteiger partial charge >= 0.3 is 6.09 Å². The molecule has 0 saturated carbocycles. The summed E-state index contributed by atoms with van der Waals surface area (Å²) >= 11 is 2.35. The Bertz CT molecular complexity index is 572. The van der Waals surface area contributed by atoms with E-state index in [-0.39, 0.29) is 6.09 Å². The molecule has 0 aliphatic carbocycles. The van der Waals surface area contributed by atoms with Crippen LogP contribution in [0.2, 0.25) is 0 Å². The van der Waals surface area contributed by atoms with Crippen LogP contribution in [0.4, 0.5) is 4.79 Å². The smallest absolute Gasteiger partial charge is 0.410 e. The summed E-state index contributed by atoms with van der Waals surface area (Å²) in [6.45, 7) is 8.04. The van der Waals surface area contributed by atoms with Crippen molar-refractivity contribution in [2.24, 2.45) is 0 Å². The maximum absolute atomic E-state index is 12.1. The Morgan fingerprint density at radius 1 is 1.42 bits per heavy atom. The quantitative estimate of drug-likeness (QED) is 0.705. The zero-order valence-corrected chi connectivity index (χ0v) is 17.1. The second-order valence-corrected chi connectivity index (χ2v) is 8.24.